The van der Waals surface area contributed by atoms with E-state index in [0.29, 0.717) is 5.56 Å². The van der Waals surface area contributed by atoms with Gasteiger partial charge in [-0.3, -0.25) is 4.79 Å². The fraction of sp³-hybridized carbons (Fsp3) is 0.263. The number of fused-ring (bicyclic) bond motifs is 1. The summed E-state index contributed by atoms with van der Waals surface area (Å²) >= 11 is 0. The summed E-state index contributed by atoms with van der Waals surface area (Å²) in [6, 6.07) is 7.72. The van der Waals surface area contributed by atoms with Crippen molar-refractivity contribution in [1.29, 1.82) is 0 Å². The molecule has 0 spiro atoms. The molecule has 0 bridgehead atoms. The van der Waals surface area contributed by atoms with Gasteiger partial charge in [-0.2, -0.15) is 0 Å². The molecule has 5 nitrogen and oxygen atoms in total. The summed E-state index contributed by atoms with van der Waals surface area (Å²) in [5.74, 6) is -0.913. The minimum Gasteiger partial charge on any atom is -0.346 e. The maximum Gasteiger partial charge on any atom is 0.241 e. The van der Waals surface area contributed by atoms with Gasteiger partial charge in [-0.15, -0.1) is 0 Å². The average molecular weight is 340 g/mol. The molecule has 1 aromatic carbocycles. The van der Waals surface area contributed by atoms with Crippen molar-refractivity contribution in [2.45, 2.75) is 26.8 Å². The van der Waals surface area contributed by atoms with E-state index in [0.717, 1.165) is 16.6 Å². The summed E-state index contributed by atoms with van der Waals surface area (Å²) in [5.41, 5.74) is 7.95. The third-order valence-electron chi connectivity index (χ3n) is 4.21. The van der Waals surface area contributed by atoms with Crippen molar-refractivity contribution >= 4 is 22.6 Å². The smallest absolute Gasteiger partial charge is 0.241 e. The van der Waals surface area contributed by atoms with Gasteiger partial charge in [0.05, 0.1) is 11.7 Å². The number of aromatic amines is 1. The quantitative estimate of drug-likeness (QED) is 0.680. The SMILES string of the molecule is CC(C)(C)[C@@H](N)C(=O)Nc1ccc(-c2ccnc3[nH]ccc23)cc1F. The monoisotopic (exact) mass is 340 g/mol. The molecule has 0 aliphatic rings. The Hall–Kier alpha value is -2.73. The van der Waals surface area contributed by atoms with E-state index in [1.54, 1.807) is 24.5 Å². The number of pyridine rings is 1. The van der Waals surface area contributed by atoms with Gasteiger partial charge in [0.1, 0.15) is 11.5 Å². The molecule has 0 unspecified atom stereocenters. The third-order valence-corrected chi connectivity index (χ3v) is 4.21. The molecule has 6 heteroatoms. The van der Waals surface area contributed by atoms with Gasteiger partial charge < -0.3 is 16.0 Å². The minimum atomic E-state index is -0.730. The number of benzene rings is 1. The van der Waals surface area contributed by atoms with Crippen LogP contribution in [0.5, 0.6) is 0 Å². The highest BCUT2D eigenvalue weighted by molar-refractivity contribution is 5.96. The van der Waals surface area contributed by atoms with Crippen LogP contribution in [0, 0.1) is 11.2 Å². The summed E-state index contributed by atoms with van der Waals surface area (Å²) in [5, 5.41) is 3.48. The molecule has 2 aromatic heterocycles. The number of anilines is 1. The Morgan fingerprint density at radius 2 is 2.04 bits per heavy atom. The molecule has 3 rings (SSSR count). The number of nitrogens with two attached hydrogens (primary N) is 1. The van der Waals surface area contributed by atoms with E-state index < -0.39 is 23.2 Å². The summed E-state index contributed by atoms with van der Waals surface area (Å²) in [6.07, 6.45) is 3.46. The van der Waals surface area contributed by atoms with Crippen molar-refractivity contribution < 1.29 is 9.18 Å². The van der Waals surface area contributed by atoms with E-state index in [-0.39, 0.29) is 5.69 Å². The maximum absolute atomic E-state index is 14.5. The van der Waals surface area contributed by atoms with Crippen LogP contribution in [0.25, 0.3) is 22.2 Å². The van der Waals surface area contributed by atoms with Gasteiger partial charge in [-0.25, -0.2) is 9.37 Å². The highest BCUT2D eigenvalue weighted by Gasteiger charge is 2.28. The predicted molar refractivity (Wildman–Crippen MR) is 97.5 cm³/mol. The number of rotatable bonds is 3. The molecule has 0 saturated heterocycles. The number of amides is 1. The molecule has 3 aromatic rings. The molecule has 0 aliphatic carbocycles. The van der Waals surface area contributed by atoms with Crippen molar-refractivity contribution in [3.63, 3.8) is 0 Å². The summed E-state index contributed by atoms with van der Waals surface area (Å²) in [7, 11) is 0. The molecule has 0 fully saturated rings. The van der Waals surface area contributed by atoms with Crippen molar-refractivity contribution in [2.24, 2.45) is 11.1 Å². The number of carbonyl (C=O) groups is 1. The van der Waals surface area contributed by atoms with Crippen LogP contribution in [0.2, 0.25) is 0 Å². The van der Waals surface area contributed by atoms with Crippen LogP contribution in [0.4, 0.5) is 10.1 Å². The van der Waals surface area contributed by atoms with Gasteiger partial charge >= 0.3 is 0 Å². The lowest BCUT2D eigenvalue weighted by Gasteiger charge is -2.25. The van der Waals surface area contributed by atoms with Gasteiger partial charge in [0.15, 0.2) is 0 Å². The summed E-state index contributed by atoms with van der Waals surface area (Å²) < 4.78 is 14.5. The number of hydrogen-bond donors (Lipinski definition) is 3. The van der Waals surface area contributed by atoms with Crippen molar-refractivity contribution in [3.8, 4) is 11.1 Å². The first-order valence-corrected chi connectivity index (χ1v) is 8.06. The van der Waals surface area contributed by atoms with Crippen molar-refractivity contribution in [3.05, 3.63) is 48.5 Å². The van der Waals surface area contributed by atoms with E-state index in [9.17, 15) is 9.18 Å². The van der Waals surface area contributed by atoms with E-state index in [1.165, 1.54) is 6.07 Å². The lowest BCUT2D eigenvalue weighted by molar-refractivity contribution is -0.119. The second-order valence-corrected chi connectivity index (χ2v) is 7.13. The summed E-state index contributed by atoms with van der Waals surface area (Å²) in [4.78, 5) is 19.5. The first-order chi connectivity index (χ1) is 11.8. The highest BCUT2D eigenvalue weighted by Crippen LogP contribution is 2.29. The van der Waals surface area contributed by atoms with E-state index in [2.05, 4.69) is 15.3 Å². The predicted octanol–water partition coefficient (Wildman–Crippen LogP) is 3.68. The van der Waals surface area contributed by atoms with E-state index in [4.69, 9.17) is 5.73 Å². The molecule has 0 aliphatic heterocycles. The fourth-order valence-corrected chi connectivity index (χ4v) is 2.60. The van der Waals surface area contributed by atoms with Crippen molar-refractivity contribution in [2.75, 3.05) is 5.32 Å². The molecule has 25 heavy (non-hydrogen) atoms. The van der Waals surface area contributed by atoms with Crippen LogP contribution >= 0.6 is 0 Å². The molecule has 4 N–H and O–H groups in total. The largest absolute Gasteiger partial charge is 0.346 e. The van der Waals surface area contributed by atoms with Gasteiger partial charge in [0, 0.05) is 17.8 Å². The molecule has 130 valence electrons. The normalized spacial score (nSPS) is 13.0. The summed E-state index contributed by atoms with van der Waals surface area (Å²) in [6.45, 7) is 5.59. The van der Waals surface area contributed by atoms with Gasteiger partial charge in [0.25, 0.3) is 0 Å². The second kappa shape index (κ2) is 6.29. The second-order valence-electron chi connectivity index (χ2n) is 7.13. The number of aromatic nitrogens is 2. The average Bonchev–Trinajstić information content (AvgIpc) is 3.03. The van der Waals surface area contributed by atoms with Gasteiger partial charge in [0.2, 0.25) is 5.91 Å². The molecule has 0 saturated carbocycles. The van der Waals surface area contributed by atoms with Crippen LogP contribution in [-0.4, -0.2) is 21.9 Å². The van der Waals surface area contributed by atoms with E-state index in [1.807, 2.05) is 32.9 Å². The molecular formula is C19H21FN4O. The first-order valence-electron chi connectivity index (χ1n) is 8.06. The maximum atomic E-state index is 14.5. The topological polar surface area (TPSA) is 83.8 Å². The Bertz CT molecular complexity index is 927. The van der Waals surface area contributed by atoms with Crippen LogP contribution in [-0.2, 0) is 4.79 Å². The Balaban J connectivity index is 1.89. The molecule has 2 heterocycles. The molecule has 1 atom stereocenters. The number of hydrogen-bond acceptors (Lipinski definition) is 3. The standard InChI is InChI=1S/C19H21FN4O/c1-19(2,3)16(21)18(25)24-15-5-4-11(10-14(15)20)12-6-8-22-17-13(12)7-9-23-17/h4-10,16H,21H2,1-3H3,(H,22,23)(H,24,25)/t16-/m0/s1. The molecule has 1 amide bonds. The Labute approximate surface area is 145 Å². The number of H-pyrrole nitrogens is 1. The molecular weight excluding hydrogens is 319 g/mol. The lowest BCUT2D eigenvalue weighted by Crippen LogP contribution is -2.45. The lowest BCUT2D eigenvalue weighted by atomic mass is 9.87. The highest BCUT2D eigenvalue weighted by atomic mass is 19.1. The molecule has 0 radical (unpaired) electrons. The Morgan fingerprint density at radius 3 is 2.72 bits per heavy atom. The Kier molecular flexibility index (Phi) is 4.30. The zero-order valence-corrected chi connectivity index (χ0v) is 14.4. The number of nitrogens with one attached hydrogen (secondary N) is 2. The zero-order valence-electron chi connectivity index (χ0n) is 14.4. The number of halogens is 1. The first kappa shape index (κ1) is 17.1. The zero-order chi connectivity index (χ0) is 18.2. The van der Waals surface area contributed by atoms with Gasteiger partial charge in [-0.1, -0.05) is 26.8 Å². The minimum absolute atomic E-state index is 0.118. The van der Waals surface area contributed by atoms with E-state index >= 15 is 0 Å². The third kappa shape index (κ3) is 3.39. The fourth-order valence-electron chi connectivity index (χ4n) is 2.60. The van der Waals surface area contributed by atoms with Crippen molar-refractivity contribution in [1.82, 2.24) is 9.97 Å². The van der Waals surface area contributed by atoms with Crippen LogP contribution in [0.3, 0.4) is 0 Å². The van der Waals surface area contributed by atoms with Crippen LogP contribution in [0.15, 0.2) is 42.7 Å². The number of carbonyl (C=O) groups excluding carboxylic acids is 1. The van der Waals surface area contributed by atoms with Crippen LogP contribution in [0.1, 0.15) is 20.8 Å². The van der Waals surface area contributed by atoms with Gasteiger partial charge in [-0.05, 0) is 40.8 Å². The Morgan fingerprint density at radius 1 is 1.28 bits per heavy atom. The number of nitrogens with zero attached hydrogens (tertiary/aromatic N) is 1. The van der Waals surface area contributed by atoms with Crippen LogP contribution < -0.4 is 11.1 Å².